The van der Waals surface area contributed by atoms with E-state index in [0.717, 1.165) is 4.47 Å². The average Bonchev–Trinajstić information content (AvgIpc) is 3.03. The van der Waals surface area contributed by atoms with Gasteiger partial charge >= 0.3 is 0 Å². The van der Waals surface area contributed by atoms with Crippen molar-refractivity contribution in [3.05, 3.63) is 81.0 Å². The molecule has 114 valence electrons. The van der Waals surface area contributed by atoms with Gasteiger partial charge in [-0.1, -0.05) is 39.7 Å². The molecular weight excluding hydrogens is 380 g/mol. The number of benzene rings is 2. The minimum absolute atomic E-state index is 0.207. The molecule has 5 heteroatoms. The third kappa shape index (κ3) is 3.14. The van der Waals surface area contributed by atoms with E-state index in [1.165, 1.54) is 0 Å². The molecule has 3 rings (SSSR count). The van der Waals surface area contributed by atoms with Crippen LogP contribution in [0.2, 0.25) is 5.02 Å². The molecule has 2 aromatic carbocycles. The van der Waals surface area contributed by atoms with Crippen LogP contribution in [0.5, 0.6) is 0 Å². The Balaban J connectivity index is 2.15. The molecule has 0 bridgehead atoms. The smallest absolute Gasteiger partial charge is 0.195 e. The number of rotatable bonds is 4. The van der Waals surface area contributed by atoms with Crippen LogP contribution in [0.25, 0.3) is 11.3 Å². The summed E-state index contributed by atoms with van der Waals surface area (Å²) in [6.07, 6.45) is 0.623. The first-order valence-corrected chi connectivity index (χ1v) is 7.91. The summed E-state index contributed by atoms with van der Waals surface area (Å²) in [6, 6.07) is 15.4. The van der Waals surface area contributed by atoms with Crippen molar-refractivity contribution in [3.8, 4) is 11.3 Å². The second kappa shape index (κ2) is 6.52. The van der Waals surface area contributed by atoms with Gasteiger partial charge in [-0.2, -0.15) is 0 Å². The molecule has 0 spiro atoms. The Bertz CT molecular complexity index is 899. The SMILES string of the molecule is O=Cc1ccc(-c2ccc(Br)cc2C(=O)c2ccccc2Cl)o1. The zero-order valence-corrected chi connectivity index (χ0v) is 14.1. The normalized spacial score (nSPS) is 10.5. The van der Waals surface area contributed by atoms with Crippen LogP contribution in [-0.2, 0) is 0 Å². The number of ketones is 1. The third-order valence-electron chi connectivity index (χ3n) is 3.35. The minimum Gasteiger partial charge on any atom is -0.453 e. The summed E-state index contributed by atoms with van der Waals surface area (Å²) in [5, 5.41) is 0.386. The molecule has 0 saturated carbocycles. The highest BCUT2D eigenvalue weighted by Crippen LogP contribution is 2.31. The first kappa shape index (κ1) is 15.7. The molecule has 0 atom stereocenters. The standard InChI is InChI=1S/C18H10BrClO3/c19-11-5-7-13(17-8-6-12(10-21)23-17)15(9-11)18(22)14-3-1-2-4-16(14)20/h1-10H. The van der Waals surface area contributed by atoms with E-state index in [1.54, 1.807) is 48.5 Å². The first-order valence-electron chi connectivity index (χ1n) is 6.74. The van der Waals surface area contributed by atoms with Gasteiger partial charge in [-0.3, -0.25) is 9.59 Å². The van der Waals surface area contributed by atoms with Crippen molar-refractivity contribution in [2.45, 2.75) is 0 Å². The van der Waals surface area contributed by atoms with E-state index >= 15 is 0 Å². The molecule has 0 saturated heterocycles. The van der Waals surface area contributed by atoms with E-state index in [9.17, 15) is 9.59 Å². The summed E-state index contributed by atoms with van der Waals surface area (Å²) in [5.41, 5.74) is 1.46. The van der Waals surface area contributed by atoms with Gasteiger partial charge in [0, 0.05) is 21.2 Å². The van der Waals surface area contributed by atoms with Gasteiger partial charge < -0.3 is 4.42 Å². The fourth-order valence-corrected chi connectivity index (χ4v) is 2.85. The molecule has 0 aliphatic rings. The fourth-order valence-electron chi connectivity index (χ4n) is 2.27. The van der Waals surface area contributed by atoms with Gasteiger partial charge in [0.15, 0.2) is 17.8 Å². The van der Waals surface area contributed by atoms with Crippen LogP contribution in [0.3, 0.4) is 0 Å². The van der Waals surface area contributed by atoms with E-state index in [2.05, 4.69) is 15.9 Å². The topological polar surface area (TPSA) is 47.3 Å². The van der Waals surface area contributed by atoms with Gasteiger partial charge in [0.25, 0.3) is 0 Å². The number of furan rings is 1. The van der Waals surface area contributed by atoms with E-state index in [1.807, 2.05) is 6.07 Å². The van der Waals surface area contributed by atoms with Crippen molar-refractivity contribution < 1.29 is 14.0 Å². The summed E-state index contributed by atoms with van der Waals surface area (Å²) in [6.45, 7) is 0. The summed E-state index contributed by atoms with van der Waals surface area (Å²) in [7, 11) is 0. The number of carbonyl (C=O) groups excluding carboxylic acids is 2. The van der Waals surface area contributed by atoms with Gasteiger partial charge in [-0.15, -0.1) is 0 Å². The molecule has 0 aliphatic carbocycles. The fraction of sp³-hybridized carbons (Fsp3) is 0. The Labute approximate surface area is 146 Å². The second-order valence-electron chi connectivity index (χ2n) is 4.82. The van der Waals surface area contributed by atoms with Crippen LogP contribution in [-0.4, -0.2) is 12.1 Å². The maximum Gasteiger partial charge on any atom is 0.195 e. The first-order chi connectivity index (χ1) is 11.1. The van der Waals surface area contributed by atoms with Crippen molar-refractivity contribution in [1.82, 2.24) is 0 Å². The lowest BCUT2D eigenvalue weighted by Crippen LogP contribution is -2.04. The molecule has 1 heterocycles. The van der Waals surface area contributed by atoms with Gasteiger partial charge in [0.2, 0.25) is 0 Å². The van der Waals surface area contributed by atoms with Crippen LogP contribution < -0.4 is 0 Å². The largest absolute Gasteiger partial charge is 0.453 e. The Kier molecular flexibility index (Phi) is 4.46. The zero-order valence-electron chi connectivity index (χ0n) is 11.8. The van der Waals surface area contributed by atoms with Gasteiger partial charge in [-0.05, 0) is 42.5 Å². The Morgan fingerprint density at radius 2 is 1.83 bits per heavy atom. The lowest BCUT2D eigenvalue weighted by molar-refractivity contribution is 0.103. The molecule has 0 aliphatic heterocycles. The van der Waals surface area contributed by atoms with Crippen molar-refractivity contribution in [3.63, 3.8) is 0 Å². The molecule has 3 nitrogen and oxygen atoms in total. The molecular formula is C18H10BrClO3. The highest BCUT2D eigenvalue weighted by atomic mass is 79.9. The maximum absolute atomic E-state index is 12.9. The predicted octanol–water partition coefficient (Wildman–Crippen LogP) is 5.41. The van der Waals surface area contributed by atoms with E-state index in [0.29, 0.717) is 33.8 Å². The predicted molar refractivity (Wildman–Crippen MR) is 92.1 cm³/mol. The second-order valence-corrected chi connectivity index (χ2v) is 6.14. The number of halogens is 2. The van der Waals surface area contributed by atoms with Crippen LogP contribution in [0.15, 0.2) is 63.5 Å². The van der Waals surface area contributed by atoms with Crippen LogP contribution in [0.1, 0.15) is 26.5 Å². The van der Waals surface area contributed by atoms with Crippen LogP contribution in [0.4, 0.5) is 0 Å². The molecule has 0 amide bonds. The highest BCUT2D eigenvalue weighted by Gasteiger charge is 2.19. The lowest BCUT2D eigenvalue weighted by atomic mass is 9.97. The number of aldehydes is 1. The molecule has 23 heavy (non-hydrogen) atoms. The quantitative estimate of drug-likeness (QED) is 0.443. The van der Waals surface area contributed by atoms with Crippen LogP contribution >= 0.6 is 27.5 Å². The minimum atomic E-state index is -0.212. The van der Waals surface area contributed by atoms with Crippen molar-refractivity contribution >= 4 is 39.6 Å². The maximum atomic E-state index is 12.9. The Hall–Kier alpha value is -2.17. The number of hydrogen-bond acceptors (Lipinski definition) is 3. The molecule has 0 radical (unpaired) electrons. The summed E-state index contributed by atoms with van der Waals surface area (Å²) in [4.78, 5) is 23.7. The monoisotopic (exact) mass is 388 g/mol. The molecule has 0 fully saturated rings. The molecule has 0 unspecified atom stereocenters. The van der Waals surface area contributed by atoms with Crippen molar-refractivity contribution in [2.24, 2.45) is 0 Å². The Morgan fingerprint density at radius 3 is 2.52 bits per heavy atom. The van der Waals surface area contributed by atoms with Gasteiger partial charge in [0.1, 0.15) is 5.76 Å². The summed E-state index contributed by atoms with van der Waals surface area (Å²) >= 11 is 9.51. The van der Waals surface area contributed by atoms with E-state index in [-0.39, 0.29) is 11.5 Å². The zero-order chi connectivity index (χ0) is 16.4. The van der Waals surface area contributed by atoms with Crippen molar-refractivity contribution in [2.75, 3.05) is 0 Å². The highest BCUT2D eigenvalue weighted by molar-refractivity contribution is 9.10. The van der Waals surface area contributed by atoms with E-state index in [4.69, 9.17) is 16.0 Å². The molecule has 3 aromatic rings. The van der Waals surface area contributed by atoms with Crippen molar-refractivity contribution in [1.29, 1.82) is 0 Å². The summed E-state index contributed by atoms with van der Waals surface area (Å²) in [5.74, 6) is 0.449. The van der Waals surface area contributed by atoms with Gasteiger partial charge in [0.05, 0.1) is 5.02 Å². The van der Waals surface area contributed by atoms with E-state index < -0.39 is 0 Å². The summed E-state index contributed by atoms with van der Waals surface area (Å²) < 4.78 is 6.21. The molecule has 1 aromatic heterocycles. The average molecular weight is 390 g/mol. The third-order valence-corrected chi connectivity index (χ3v) is 4.18. The van der Waals surface area contributed by atoms with Gasteiger partial charge in [-0.25, -0.2) is 0 Å². The molecule has 0 N–H and O–H groups in total. The number of hydrogen-bond donors (Lipinski definition) is 0. The Morgan fingerprint density at radius 1 is 1.04 bits per heavy atom. The lowest BCUT2D eigenvalue weighted by Gasteiger charge is -2.09. The number of carbonyl (C=O) groups is 2. The van der Waals surface area contributed by atoms with Crippen LogP contribution in [0, 0.1) is 0 Å².